The van der Waals surface area contributed by atoms with Gasteiger partial charge in [0.05, 0.1) is 6.61 Å². The van der Waals surface area contributed by atoms with Gasteiger partial charge in [-0.15, -0.1) is 0 Å². The molecule has 1 aromatic carbocycles. The van der Waals surface area contributed by atoms with E-state index in [9.17, 15) is 4.79 Å². The molecular formula is C21H34N4O2. The predicted molar refractivity (Wildman–Crippen MR) is 110 cm³/mol. The van der Waals surface area contributed by atoms with E-state index in [1.807, 2.05) is 24.0 Å². The van der Waals surface area contributed by atoms with Gasteiger partial charge in [-0.2, -0.15) is 0 Å². The third-order valence-corrected chi connectivity index (χ3v) is 4.64. The molecule has 2 N–H and O–H groups in total. The van der Waals surface area contributed by atoms with E-state index >= 15 is 0 Å². The third kappa shape index (κ3) is 7.49. The summed E-state index contributed by atoms with van der Waals surface area (Å²) in [5.74, 6) is 1.99. The molecule has 27 heavy (non-hydrogen) atoms. The molecule has 1 amide bonds. The number of ether oxygens (including phenoxy) is 1. The first-order valence-electron chi connectivity index (χ1n) is 10.1. The Balaban J connectivity index is 1.67. The van der Waals surface area contributed by atoms with Crippen LogP contribution in [0.4, 0.5) is 0 Å². The molecule has 6 nitrogen and oxygen atoms in total. The average Bonchev–Trinajstić information content (AvgIpc) is 3.14. The van der Waals surface area contributed by atoms with Crippen LogP contribution in [0.5, 0.6) is 5.75 Å². The van der Waals surface area contributed by atoms with Crippen molar-refractivity contribution in [3.63, 3.8) is 0 Å². The summed E-state index contributed by atoms with van der Waals surface area (Å²) < 4.78 is 5.75. The van der Waals surface area contributed by atoms with Crippen LogP contribution < -0.4 is 15.4 Å². The number of likely N-dealkylation sites (tertiary alicyclic amines) is 1. The Morgan fingerprint density at radius 1 is 1.26 bits per heavy atom. The van der Waals surface area contributed by atoms with Gasteiger partial charge in [-0.25, -0.2) is 0 Å². The van der Waals surface area contributed by atoms with Crippen LogP contribution in [0.25, 0.3) is 0 Å². The largest absolute Gasteiger partial charge is 0.494 e. The molecule has 1 fully saturated rings. The molecule has 1 heterocycles. The van der Waals surface area contributed by atoms with Crippen LogP contribution in [0.15, 0.2) is 29.3 Å². The van der Waals surface area contributed by atoms with Crippen molar-refractivity contribution in [2.24, 2.45) is 4.99 Å². The van der Waals surface area contributed by atoms with Gasteiger partial charge in [0.15, 0.2) is 5.96 Å². The molecule has 150 valence electrons. The van der Waals surface area contributed by atoms with Gasteiger partial charge < -0.3 is 20.3 Å². The van der Waals surface area contributed by atoms with Crippen molar-refractivity contribution in [3.8, 4) is 5.75 Å². The fraction of sp³-hybridized carbons (Fsp3) is 0.619. The number of hydrogen-bond donors (Lipinski definition) is 2. The van der Waals surface area contributed by atoms with Crippen LogP contribution >= 0.6 is 0 Å². The molecule has 0 bridgehead atoms. The van der Waals surface area contributed by atoms with Crippen LogP contribution in [-0.2, 0) is 4.79 Å². The summed E-state index contributed by atoms with van der Waals surface area (Å²) in [7, 11) is 0. The van der Waals surface area contributed by atoms with Gasteiger partial charge in [0.25, 0.3) is 0 Å². The molecule has 2 rings (SSSR count). The Morgan fingerprint density at radius 2 is 2.04 bits per heavy atom. The highest BCUT2D eigenvalue weighted by molar-refractivity contribution is 5.80. The number of benzene rings is 1. The SMILES string of the molecule is CCNC(=NCCCCOc1ccc(C)cc1)NC1CCN(C(=O)CC)C1. The molecule has 0 spiro atoms. The molecule has 1 unspecified atom stereocenters. The van der Waals surface area contributed by atoms with Gasteiger partial charge in [-0.3, -0.25) is 9.79 Å². The minimum absolute atomic E-state index is 0.231. The summed E-state index contributed by atoms with van der Waals surface area (Å²) in [6, 6.07) is 8.42. The first kappa shape index (κ1) is 21.1. The van der Waals surface area contributed by atoms with Crippen molar-refractivity contribution < 1.29 is 9.53 Å². The smallest absolute Gasteiger partial charge is 0.222 e. The number of nitrogens with one attached hydrogen (secondary N) is 2. The number of carbonyl (C=O) groups is 1. The lowest BCUT2D eigenvalue weighted by atomic mass is 10.2. The Bertz CT molecular complexity index is 601. The highest BCUT2D eigenvalue weighted by atomic mass is 16.5. The second-order valence-electron chi connectivity index (χ2n) is 6.95. The Morgan fingerprint density at radius 3 is 2.74 bits per heavy atom. The first-order chi connectivity index (χ1) is 13.1. The maximum absolute atomic E-state index is 11.8. The van der Waals surface area contributed by atoms with Crippen molar-refractivity contribution in [2.75, 3.05) is 32.8 Å². The number of unbranched alkanes of at least 4 members (excludes halogenated alkanes) is 1. The predicted octanol–water partition coefficient (Wildman–Crippen LogP) is 2.72. The average molecular weight is 375 g/mol. The third-order valence-electron chi connectivity index (χ3n) is 4.64. The number of guanidine groups is 1. The maximum Gasteiger partial charge on any atom is 0.222 e. The number of amides is 1. The van der Waals surface area contributed by atoms with Crippen molar-refractivity contribution >= 4 is 11.9 Å². The topological polar surface area (TPSA) is 66.0 Å². The monoisotopic (exact) mass is 374 g/mol. The molecule has 6 heteroatoms. The zero-order chi connectivity index (χ0) is 19.5. The zero-order valence-electron chi connectivity index (χ0n) is 17.0. The first-order valence-corrected chi connectivity index (χ1v) is 10.1. The molecule has 0 saturated carbocycles. The van der Waals surface area contributed by atoms with Crippen LogP contribution in [0, 0.1) is 6.92 Å². The quantitative estimate of drug-likeness (QED) is 0.396. The van der Waals surface area contributed by atoms with Crippen LogP contribution in [-0.4, -0.2) is 55.6 Å². The van der Waals surface area contributed by atoms with Crippen molar-refractivity contribution in [3.05, 3.63) is 29.8 Å². The van der Waals surface area contributed by atoms with E-state index in [1.54, 1.807) is 0 Å². The lowest BCUT2D eigenvalue weighted by Gasteiger charge is -2.18. The van der Waals surface area contributed by atoms with Gasteiger partial charge in [-0.1, -0.05) is 24.6 Å². The molecule has 0 aromatic heterocycles. The summed E-state index contributed by atoms with van der Waals surface area (Å²) in [4.78, 5) is 18.4. The second kappa shape index (κ2) is 11.5. The number of aliphatic imine (C=N–C) groups is 1. The molecule has 1 aliphatic heterocycles. The van der Waals surface area contributed by atoms with Gasteiger partial charge >= 0.3 is 0 Å². The molecule has 0 aliphatic carbocycles. The summed E-state index contributed by atoms with van der Waals surface area (Å²) in [6.45, 7) is 9.94. The standard InChI is InChI=1S/C21H34N4O2/c1-4-20(26)25-14-12-18(16-25)24-21(22-5-2)23-13-6-7-15-27-19-10-8-17(3)9-11-19/h8-11,18H,4-7,12-16H2,1-3H3,(H2,22,23,24). The molecular weight excluding hydrogens is 340 g/mol. The summed E-state index contributed by atoms with van der Waals surface area (Å²) in [6.07, 6.45) is 3.50. The van der Waals surface area contributed by atoms with Crippen LogP contribution in [0.3, 0.4) is 0 Å². The van der Waals surface area contributed by atoms with Crippen molar-refractivity contribution in [1.82, 2.24) is 15.5 Å². The number of rotatable bonds is 9. The maximum atomic E-state index is 11.8. The van der Waals surface area contributed by atoms with E-state index in [0.29, 0.717) is 13.0 Å². The summed E-state index contributed by atoms with van der Waals surface area (Å²) >= 11 is 0. The fourth-order valence-electron chi connectivity index (χ4n) is 3.07. The van der Waals surface area contributed by atoms with Gasteiger partial charge in [0.2, 0.25) is 5.91 Å². The summed E-state index contributed by atoms with van der Waals surface area (Å²) in [5.41, 5.74) is 1.24. The minimum Gasteiger partial charge on any atom is -0.494 e. The fourth-order valence-corrected chi connectivity index (χ4v) is 3.07. The van der Waals surface area contributed by atoms with Crippen molar-refractivity contribution in [2.45, 2.75) is 52.5 Å². The van der Waals surface area contributed by atoms with E-state index in [1.165, 1.54) is 5.56 Å². The van der Waals surface area contributed by atoms with E-state index in [4.69, 9.17) is 4.74 Å². The van der Waals surface area contributed by atoms with E-state index in [2.05, 4.69) is 41.6 Å². The Hall–Kier alpha value is -2.24. The van der Waals surface area contributed by atoms with Crippen LogP contribution in [0.2, 0.25) is 0 Å². The molecule has 1 aliphatic rings. The number of carbonyl (C=O) groups excluding carboxylic acids is 1. The second-order valence-corrected chi connectivity index (χ2v) is 6.95. The van der Waals surface area contributed by atoms with E-state index in [0.717, 1.165) is 57.2 Å². The summed E-state index contributed by atoms with van der Waals surface area (Å²) in [5, 5.41) is 6.76. The van der Waals surface area contributed by atoms with E-state index < -0.39 is 0 Å². The van der Waals surface area contributed by atoms with Gasteiger partial charge in [-0.05, 0) is 45.2 Å². The highest BCUT2D eigenvalue weighted by Crippen LogP contribution is 2.12. The van der Waals surface area contributed by atoms with Gasteiger partial charge in [0.1, 0.15) is 5.75 Å². The lowest BCUT2D eigenvalue weighted by Crippen LogP contribution is -2.45. The van der Waals surface area contributed by atoms with E-state index in [-0.39, 0.29) is 11.9 Å². The minimum atomic E-state index is 0.231. The highest BCUT2D eigenvalue weighted by Gasteiger charge is 2.25. The number of aryl methyl sites for hydroxylation is 1. The Labute approximate surface area is 163 Å². The molecule has 1 saturated heterocycles. The van der Waals surface area contributed by atoms with Crippen LogP contribution in [0.1, 0.15) is 45.1 Å². The molecule has 1 atom stereocenters. The van der Waals surface area contributed by atoms with Gasteiger partial charge in [0, 0.05) is 38.6 Å². The zero-order valence-corrected chi connectivity index (χ0v) is 17.0. The number of nitrogens with zero attached hydrogens (tertiary/aromatic N) is 2. The Kier molecular flexibility index (Phi) is 8.95. The molecule has 0 radical (unpaired) electrons. The van der Waals surface area contributed by atoms with Crippen molar-refractivity contribution in [1.29, 1.82) is 0 Å². The lowest BCUT2D eigenvalue weighted by molar-refractivity contribution is -0.129. The number of hydrogen-bond acceptors (Lipinski definition) is 3. The normalized spacial score (nSPS) is 17.1. The molecule has 1 aromatic rings.